The molecule has 0 bridgehead atoms. The summed E-state index contributed by atoms with van der Waals surface area (Å²) in [7, 11) is 0. The molecule has 0 radical (unpaired) electrons. The second kappa shape index (κ2) is 4.91. The third kappa shape index (κ3) is 2.29. The summed E-state index contributed by atoms with van der Waals surface area (Å²) in [5.41, 5.74) is -2.28. The summed E-state index contributed by atoms with van der Waals surface area (Å²) in [6, 6.07) is 0. The molecule has 0 N–H and O–H groups in total. The molecule has 1 rings (SSSR count). The first-order valence-electron chi connectivity index (χ1n) is 4.28. The first-order chi connectivity index (χ1) is 7.49. The van der Waals surface area contributed by atoms with E-state index < -0.39 is 35.3 Å². The van der Waals surface area contributed by atoms with Crippen LogP contribution >= 0.6 is 0 Å². The smallest absolute Gasteiger partial charge is 0.357 e. The number of nitrogens with zero attached hydrogens (tertiary/aromatic N) is 1. The van der Waals surface area contributed by atoms with Crippen LogP contribution < -0.4 is 0 Å². The maximum Gasteiger partial charge on any atom is 0.357 e. The second-order valence-electron chi connectivity index (χ2n) is 2.70. The van der Waals surface area contributed by atoms with Gasteiger partial charge in [0.15, 0.2) is 17.3 Å². The Hall–Kier alpha value is -1.66. The molecule has 88 valence electrons. The molecule has 0 fully saturated rings. The summed E-state index contributed by atoms with van der Waals surface area (Å²) in [6.07, 6.45) is -2.99. The zero-order valence-electron chi connectivity index (χ0n) is 8.14. The standard InChI is InChI=1S/C9H7F4NO2/c1-2-16-9(15)7-5(8(12)13)6(11)4(10)3-14-7/h3,8H,2H2,1H3. The Morgan fingerprint density at radius 3 is 2.62 bits per heavy atom. The highest BCUT2D eigenvalue weighted by Crippen LogP contribution is 2.26. The van der Waals surface area contributed by atoms with Gasteiger partial charge in [0.1, 0.15) is 0 Å². The summed E-state index contributed by atoms with van der Waals surface area (Å²) < 4.78 is 54.9. The van der Waals surface area contributed by atoms with Crippen molar-refractivity contribution >= 4 is 5.97 Å². The quantitative estimate of drug-likeness (QED) is 0.598. The van der Waals surface area contributed by atoms with Gasteiger partial charge in [-0.3, -0.25) is 0 Å². The molecule has 0 amide bonds. The second-order valence-corrected chi connectivity index (χ2v) is 2.70. The zero-order chi connectivity index (χ0) is 12.3. The molecule has 0 atom stereocenters. The van der Waals surface area contributed by atoms with Crippen molar-refractivity contribution in [3.8, 4) is 0 Å². The molecule has 0 aliphatic carbocycles. The average molecular weight is 237 g/mol. The third-order valence-corrected chi connectivity index (χ3v) is 1.70. The maximum absolute atomic E-state index is 13.0. The van der Waals surface area contributed by atoms with Gasteiger partial charge in [-0.1, -0.05) is 0 Å². The minimum Gasteiger partial charge on any atom is -0.461 e. The number of hydrogen-bond acceptors (Lipinski definition) is 3. The molecule has 3 nitrogen and oxygen atoms in total. The van der Waals surface area contributed by atoms with Crippen LogP contribution in [0.2, 0.25) is 0 Å². The lowest BCUT2D eigenvalue weighted by Crippen LogP contribution is -2.13. The van der Waals surface area contributed by atoms with Crippen molar-refractivity contribution in [2.45, 2.75) is 13.3 Å². The molecular formula is C9H7F4NO2. The number of aromatic nitrogens is 1. The number of hydrogen-bond donors (Lipinski definition) is 0. The molecule has 0 saturated carbocycles. The molecular weight excluding hydrogens is 230 g/mol. The fourth-order valence-corrected chi connectivity index (χ4v) is 1.04. The molecule has 1 aromatic rings. The maximum atomic E-state index is 13.0. The molecule has 0 spiro atoms. The number of carbonyl (C=O) groups excluding carboxylic acids is 1. The fraction of sp³-hybridized carbons (Fsp3) is 0.333. The number of ether oxygens (including phenoxy) is 1. The van der Waals surface area contributed by atoms with Crippen LogP contribution in [0.15, 0.2) is 6.20 Å². The SMILES string of the molecule is CCOC(=O)c1ncc(F)c(F)c1C(F)F. The Kier molecular flexibility index (Phi) is 3.81. The van der Waals surface area contributed by atoms with Gasteiger partial charge in [0.05, 0.1) is 18.4 Å². The van der Waals surface area contributed by atoms with Crippen LogP contribution in [0, 0.1) is 11.6 Å². The van der Waals surface area contributed by atoms with Gasteiger partial charge in [0, 0.05) is 0 Å². The molecule has 0 aliphatic rings. The van der Waals surface area contributed by atoms with Gasteiger partial charge >= 0.3 is 5.97 Å². The Balaban J connectivity index is 3.28. The van der Waals surface area contributed by atoms with E-state index >= 15 is 0 Å². The van der Waals surface area contributed by atoms with Gasteiger partial charge < -0.3 is 4.74 Å². The topological polar surface area (TPSA) is 39.2 Å². The summed E-state index contributed by atoms with van der Waals surface area (Å²) in [5.74, 6) is -4.53. The highest BCUT2D eigenvalue weighted by atomic mass is 19.3. The summed E-state index contributed by atoms with van der Waals surface area (Å²) in [5, 5.41) is 0. The highest BCUT2D eigenvalue weighted by molar-refractivity contribution is 5.89. The van der Waals surface area contributed by atoms with Crippen LogP contribution in [0.25, 0.3) is 0 Å². The molecule has 16 heavy (non-hydrogen) atoms. The van der Waals surface area contributed by atoms with Crippen LogP contribution in [0.5, 0.6) is 0 Å². The van der Waals surface area contributed by atoms with Crippen LogP contribution in [-0.2, 0) is 4.74 Å². The fourth-order valence-electron chi connectivity index (χ4n) is 1.04. The summed E-state index contributed by atoms with van der Waals surface area (Å²) >= 11 is 0. The van der Waals surface area contributed by atoms with E-state index in [4.69, 9.17) is 0 Å². The molecule has 1 aromatic heterocycles. The third-order valence-electron chi connectivity index (χ3n) is 1.70. The highest BCUT2D eigenvalue weighted by Gasteiger charge is 2.27. The van der Waals surface area contributed by atoms with Crippen LogP contribution in [0.4, 0.5) is 17.6 Å². The molecule has 0 saturated heterocycles. The van der Waals surface area contributed by atoms with Gasteiger partial charge in [-0.05, 0) is 6.92 Å². The lowest BCUT2D eigenvalue weighted by molar-refractivity contribution is 0.0504. The molecule has 0 unspecified atom stereocenters. The lowest BCUT2D eigenvalue weighted by atomic mass is 10.2. The first kappa shape index (κ1) is 12.4. The van der Waals surface area contributed by atoms with E-state index in [9.17, 15) is 22.4 Å². The Morgan fingerprint density at radius 1 is 1.50 bits per heavy atom. The number of rotatable bonds is 3. The van der Waals surface area contributed by atoms with E-state index in [0.29, 0.717) is 6.20 Å². The number of carbonyl (C=O) groups is 1. The van der Waals surface area contributed by atoms with Crippen molar-refractivity contribution in [3.05, 3.63) is 29.1 Å². The van der Waals surface area contributed by atoms with Crippen molar-refractivity contribution in [1.82, 2.24) is 4.98 Å². The van der Waals surface area contributed by atoms with Gasteiger partial charge in [-0.25, -0.2) is 27.3 Å². The Morgan fingerprint density at radius 2 is 2.12 bits per heavy atom. The Bertz CT molecular complexity index is 409. The van der Waals surface area contributed by atoms with Gasteiger partial charge in [-0.2, -0.15) is 0 Å². The van der Waals surface area contributed by atoms with Gasteiger partial charge in [0.25, 0.3) is 6.43 Å². The molecule has 0 aliphatic heterocycles. The van der Waals surface area contributed by atoms with E-state index in [1.165, 1.54) is 6.92 Å². The van der Waals surface area contributed by atoms with Crippen molar-refractivity contribution in [3.63, 3.8) is 0 Å². The van der Waals surface area contributed by atoms with E-state index in [2.05, 4.69) is 9.72 Å². The lowest BCUT2D eigenvalue weighted by Gasteiger charge is -2.08. The molecule has 0 aromatic carbocycles. The van der Waals surface area contributed by atoms with E-state index in [-0.39, 0.29) is 6.61 Å². The zero-order valence-corrected chi connectivity index (χ0v) is 8.14. The predicted octanol–water partition coefficient (Wildman–Crippen LogP) is 2.47. The average Bonchev–Trinajstić information content (AvgIpc) is 2.21. The van der Waals surface area contributed by atoms with Crippen molar-refractivity contribution in [2.75, 3.05) is 6.61 Å². The van der Waals surface area contributed by atoms with Crippen molar-refractivity contribution < 1.29 is 27.1 Å². The molecule has 7 heteroatoms. The number of pyridine rings is 1. The van der Waals surface area contributed by atoms with Crippen LogP contribution in [0.3, 0.4) is 0 Å². The normalized spacial score (nSPS) is 10.6. The van der Waals surface area contributed by atoms with Crippen LogP contribution in [0.1, 0.15) is 29.4 Å². The monoisotopic (exact) mass is 237 g/mol. The first-order valence-corrected chi connectivity index (χ1v) is 4.28. The number of esters is 1. The predicted molar refractivity (Wildman–Crippen MR) is 45.1 cm³/mol. The van der Waals surface area contributed by atoms with Crippen molar-refractivity contribution in [2.24, 2.45) is 0 Å². The Labute approximate surface area is 88.0 Å². The summed E-state index contributed by atoms with van der Waals surface area (Å²) in [4.78, 5) is 14.2. The molecule has 1 heterocycles. The van der Waals surface area contributed by atoms with E-state index in [1.807, 2.05) is 0 Å². The largest absolute Gasteiger partial charge is 0.461 e. The van der Waals surface area contributed by atoms with E-state index in [1.54, 1.807) is 0 Å². The number of alkyl halides is 2. The van der Waals surface area contributed by atoms with E-state index in [0.717, 1.165) is 0 Å². The minimum absolute atomic E-state index is 0.0812. The number of halogens is 4. The summed E-state index contributed by atoms with van der Waals surface area (Å²) in [6.45, 7) is 1.36. The van der Waals surface area contributed by atoms with Crippen LogP contribution in [-0.4, -0.2) is 17.6 Å². The van der Waals surface area contributed by atoms with Crippen molar-refractivity contribution in [1.29, 1.82) is 0 Å². The van der Waals surface area contributed by atoms with Gasteiger partial charge in [0.2, 0.25) is 0 Å². The minimum atomic E-state index is -3.34. The van der Waals surface area contributed by atoms with Gasteiger partial charge in [-0.15, -0.1) is 0 Å².